The minimum atomic E-state index is -3.93. The number of fused-ring (bicyclic) bond motifs is 1. The fourth-order valence-corrected chi connectivity index (χ4v) is 5.67. The number of halogens is 2. The number of hydrogen-bond donors (Lipinski definition) is 2. The molecular formula is C26H23F2N3O4S. The molecule has 1 amide bonds. The van der Waals surface area contributed by atoms with Crippen molar-refractivity contribution >= 4 is 26.8 Å². The molecule has 0 aliphatic heterocycles. The minimum absolute atomic E-state index is 0.0286. The van der Waals surface area contributed by atoms with Crippen molar-refractivity contribution in [1.29, 1.82) is 0 Å². The maximum atomic E-state index is 14.7. The number of H-pyrrole nitrogens is 1. The zero-order chi connectivity index (χ0) is 25.6. The number of benzene rings is 2. The van der Waals surface area contributed by atoms with E-state index < -0.39 is 38.4 Å². The second kappa shape index (κ2) is 9.02. The van der Waals surface area contributed by atoms with Crippen LogP contribution in [0.5, 0.6) is 0 Å². The summed E-state index contributed by atoms with van der Waals surface area (Å²) in [7, 11) is -3.93. The zero-order valence-electron chi connectivity index (χ0n) is 19.3. The van der Waals surface area contributed by atoms with E-state index in [-0.39, 0.29) is 28.9 Å². The predicted octanol–water partition coefficient (Wildman–Crippen LogP) is 4.11. The number of rotatable bonds is 7. The molecule has 0 spiro atoms. The second-order valence-corrected chi connectivity index (χ2v) is 10.8. The molecule has 0 saturated heterocycles. The van der Waals surface area contributed by atoms with Crippen molar-refractivity contribution in [1.82, 2.24) is 14.3 Å². The van der Waals surface area contributed by atoms with E-state index in [1.807, 2.05) is 19.1 Å². The lowest BCUT2D eigenvalue weighted by atomic mass is 10.0. The van der Waals surface area contributed by atoms with Crippen LogP contribution in [0, 0.1) is 11.6 Å². The summed E-state index contributed by atoms with van der Waals surface area (Å²) >= 11 is 0. The molecule has 4 aromatic rings. The summed E-state index contributed by atoms with van der Waals surface area (Å²) in [5, 5.41) is -0.132. The Labute approximate surface area is 205 Å². The highest BCUT2D eigenvalue weighted by atomic mass is 32.2. The first-order valence-electron chi connectivity index (χ1n) is 11.5. The van der Waals surface area contributed by atoms with Gasteiger partial charge in [0.05, 0.1) is 11.8 Å². The van der Waals surface area contributed by atoms with Crippen LogP contribution in [0.25, 0.3) is 22.0 Å². The van der Waals surface area contributed by atoms with E-state index in [9.17, 15) is 26.8 Å². The van der Waals surface area contributed by atoms with Gasteiger partial charge in [-0.3, -0.25) is 9.59 Å². The largest absolute Gasteiger partial charge is 0.331 e. The first kappa shape index (κ1) is 23.9. The van der Waals surface area contributed by atoms with Gasteiger partial charge < -0.3 is 9.55 Å². The molecule has 0 atom stereocenters. The molecule has 1 fully saturated rings. The quantitative estimate of drug-likeness (QED) is 0.390. The number of carbonyl (C=O) groups is 1. The van der Waals surface area contributed by atoms with E-state index in [0.717, 1.165) is 23.8 Å². The molecule has 2 aromatic carbocycles. The maximum Gasteiger partial charge on any atom is 0.282 e. The summed E-state index contributed by atoms with van der Waals surface area (Å²) in [4.78, 5) is 29.0. The number of aromatic amines is 1. The molecule has 1 aliphatic carbocycles. The molecule has 0 bridgehead atoms. The van der Waals surface area contributed by atoms with E-state index in [1.54, 1.807) is 12.1 Å². The monoisotopic (exact) mass is 511 g/mol. The molecule has 5 rings (SSSR count). The van der Waals surface area contributed by atoms with Gasteiger partial charge >= 0.3 is 0 Å². The van der Waals surface area contributed by atoms with Gasteiger partial charge in [-0.05, 0) is 67.3 Å². The fraction of sp³-hybridized carbons (Fsp3) is 0.231. The molecule has 0 radical (unpaired) electrons. The molecule has 36 heavy (non-hydrogen) atoms. The van der Waals surface area contributed by atoms with Gasteiger partial charge in [-0.1, -0.05) is 13.0 Å². The smallest absolute Gasteiger partial charge is 0.282 e. The highest BCUT2D eigenvalue weighted by molar-refractivity contribution is 7.91. The summed E-state index contributed by atoms with van der Waals surface area (Å²) in [5.41, 5.74) is 1.15. The number of sulfonamides is 1. The van der Waals surface area contributed by atoms with E-state index in [4.69, 9.17) is 0 Å². The Hall–Kier alpha value is -3.79. The van der Waals surface area contributed by atoms with Gasteiger partial charge in [-0.15, -0.1) is 0 Å². The summed E-state index contributed by atoms with van der Waals surface area (Å²) in [6, 6.07) is 11.5. The number of nitrogens with one attached hydrogen (secondary N) is 2. The number of aryl methyl sites for hydroxylation is 1. The molecule has 1 saturated carbocycles. The lowest BCUT2D eigenvalue weighted by Crippen LogP contribution is -2.35. The maximum absolute atomic E-state index is 14.7. The molecule has 0 unspecified atom stereocenters. The van der Waals surface area contributed by atoms with Crippen LogP contribution < -0.4 is 10.3 Å². The van der Waals surface area contributed by atoms with Crippen LogP contribution in [0.1, 0.15) is 41.4 Å². The van der Waals surface area contributed by atoms with Crippen molar-refractivity contribution in [3.05, 3.63) is 93.5 Å². The number of nitrogens with zero attached hydrogens (tertiary/aromatic N) is 1. The molecular weight excluding hydrogens is 488 g/mol. The molecule has 186 valence electrons. The van der Waals surface area contributed by atoms with Crippen molar-refractivity contribution in [2.75, 3.05) is 0 Å². The summed E-state index contributed by atoms with van der Waals surface area (Å²) in [5.74, 6) is -2.27. The molecule has 2 aromatic heterocycles. The Morgan fingerprint density at radius 2 is 1.92 bits per heavy atom. The Morgan fingerprint density at radius 1 is 1.14 bits per heavy atom. The number of amides is 1. The Kier molecular flexibility index (Phi) is 5.99. The van der Waals surface area contributed by atoms with Crippen LogP contribution in [0.15, 0.2) is 59.5 Å². The van der Waals surface area contributed by atoms with Crippen molar-refractivity contribution < 1.29 is 22.0 Å². The van der Waals surface area contributed by atoms with Gasteiger partial charge in [0.1, 0.15) is 17.3 Å². The van der Waals surface area contributed by atoms with Gasteiger partial charge in [-0.2, -0.15) is 0 Å². The van der Waals surface area contributed by atoms with Crippen LogP contribution in [0.4, 0.5) is 8.78 Å². The van der Waals surface area contributed by atoms with Gasteiger partial charge in [0.25, 0.3) is 11.5 Å². The van der Waals surface area contributed by atoms with Crippen LogP contribution in [0.3, 0.4) is 0 Å². The topological polar surface area (TPSA) is 101 Å². The number of aromatic nitrogens is 2. The Morgan fingerprint density at radius 3 is 2.61 bits per heavy atom. The highest BCUT2D eigenvalue weighted by Crippen LogP contribution is 2.36. The fourth-order valence-electron chi connectivity index (χ4n) is 4.39. The third-order valence-electron chi connectivity index (χ3n) is 6.37. The van der Waals surface area contributed by atoms with E-state index in [1.165, 1.54) is 16.8 Å². The van der Waals surface area contributed by atoms with Crippen LogP contribution >= 0.6 is 0 Å². The number of hydrogen-bond acceptors (Lipinski definition) is 4. The van der Waals surface area contributed by atoms with Crippen LogP contribution in [-0.2, 0) is 23.0 Å². The lowest BCUT2D eigenvalue weighted by Gasteiger charge is -2.14. The average molecular weight is 512 g/mol. The van der Waals surface area contributed by atoms with Crippen LogP contribution in [0.2, 0.25) is 0 Å². The van der Waals surface area contributed by atoms with Crippen molar-refractivity contribution in [3.8, 4) is 11.1 Å². The number of carbonyl (C=O) groups excluding carboxylic acids is 1. The van der Waals surface area contributed by atoms with Gasteiger partial charge in [-0.25, -0.2) is 21.9 Å². The van der Waals surface area contributed by atoms with Gasteiger partial charge in [0, 0.05) is 33.8 Å². The van der Waals surface area contributed by atoms with Gasteiger partial charge in [0.15, 0.2) is 0 Å². The summed E-state index contributed by atoms with van der Waals surface area (Å²) < 4.78 is 57.5. The molecule has 7 nitrogen and oxygen atoms in total. The van der Waals surface area contributed by atoms with Gasteiger partial charge in [0.2, 0.25) is 10.0 Å². The van der Waals surface area contributed by atoms with Crippen molar-refractivity contribution in [2.24, 2.45) is 0 Å². The average Bonchev–Trinajstić information content (AvgIpc) is 3.66. The first-order valence-corrected chi connectivity index (χ1v) is 13.1. The number of pyridine rings is 1. The predicted molar refractivity (Wildman–Crippen MR) is 132 cm³/mol. The zero-order valence-corrected chi connectivity index (χ0v) is 20.2. The second-order valence-electron chi connectivity index (χ2n) is 8.84. The molecule has 2 N–H and O–H groups in total. The normalized spacial score (nSPS) is 13.8. The summed E-state index contributed by atoms with van der Waals surface area (Å²) in [6.45, 7) is 1.69. The molecule has 1 aliphatic rings. The van der Waals surface area contributed by atoms with E-state index in [0.29, 0.717) is 30.2 Å². The van der Waals surface area contributed by atoms with E-state index >= 15 is 0 Å². The third-order valence-corrected chi connectivity index (χ3v) is 8.19. The SMILES string of the molecule is CCc1ccc2c(c1)c(-c1ccc[nH]c1=O)c(C(=O)NS(=O)(=O)C1CC1)n2Cc1cc(F)ccc1F. The first-order chi connectivity index (χ1) is 17.2. The standard InChI is InChI=1S/C26H23F2N3O4S/c1-2-15-5-10-22-20(12-15)23(19-4-3-11-29-25(19)32)24(26(33)30-36(34,35)18-7-8-18)31(22)14-16-13-17(27)6-9-21(16)28/h3-6,9-13,18H,2,7-8,14H2,1H3,(H,29,32)(H,30,33). The Balaban J connectivity index is 1.82. The summed E-state index contributed by atoms with van der Waals surface area (Å²) in [6.07, 6.45) is 3.01. The Bertz CT molecular complexity index is 1670. The highest BCUT2D eigenvalue weighted by Gasteiger charge is 2.38. The van der Waals surface area contributed by atoms with Crippen LogP contribution in [-0.4, -0.2) is 29.1 Å². The third kappa shape index (κ3) is 4.32. The van der Waals surface area contributed by atoms with E-state index in [2.05, 4.69) is 9.71 Å². The minimum Gasteiger partial charge on any atom is -0.331 e. The molecule has 2 heterocycles. The lowest BCUT2D eigenvalue weighted by molar-refractivity contribution is 0.0974. The van der Waals surface area contributed by atoms with Crippen molar-refractivity contribution in [3.63, 3.8) is 0 Å². The van der Waals surface area contributed by atoms with Crippen molar-refractivity contribution in [2.45, 2.75) is 38.0 Å². The molecule has 10 heteroatoms.